The number of benzene rings is 1. The molecular weight excluding hydrogens is 441 g/mol. The highest BCUT2D eigenvalue weighted by Gasteiger charge is 2.26. The lowest BCUT2D eigenvalue weighted by Gasteiger charge is -2.23. The average molecular weight is 474 g/mol. The van der Waals surface area contributed by atoms with Crippen LogP contribution in [0, 0.1) is 5.82 Å². The van der Waals surface area contributed by atoms with Crippen molar-refractivity contribution >= 4 is 24.0 Å². The molecule has 0 unspecified atom stereocenters. The number of hydrazine groups is 1. The fourth-order valence-electron chi connectivity index (χ4n) is 3.14. The molecule has 5 N–H and O–H groups in total. The van der Waals surface area contributed by atoms with Gasteiger partial charge in [-0.3, -0.25) is 14.7 Å². The average Bonchev–Trinajstić information content (AvgIpc) is 3.22. The van der Waals surface area contributed by atoms with Crippen molar-refractivity contribution in [1.82, 2.24) is 14.9 Å². The molecule has 0 radical (unpaired) electrons. The van der Waals surface area contributed by atoms with Gasteiger partial charge in [-0.2, -0.15) is 5.10 Å². The van der Waals surface area contributed by atoms with Gasteiger partial charge in [-0.25, -0.2) is 20.0 Å². The summed E-state index contributed by atoms with van der Waals surface area (Å²) >= 11 is 0. The molecule has 0 fully saturated rings. The van der Waals surface area contributed by atoms with Crippen molar-refractivity contribution in [3.63, 3.8) is 0 Å². The van der Waals surface area contributed by atoms with Crippen LogP contribution in [0.15, 0.2) is 35.4 Å². The summed E-state index contributed by atoms with van der Waals surface area (Å²) in [6, 6.07) is 8.43. The van der Waals surface area contributed by atoms with Crippen molar-refractivity contribution in [3.8, 4) is 0 Å². The van der Waals surface area contributed by atoms with Crippen LogP contribution < -0.4 is 17.0 Å². The predicted molar refractivity (Wildman–Crippen MR) is 128 cm³/mol. The molecule has 1 aromatic heterocycles. The lowest BCUT2D eigenvalue weighted by molar-refractivity contribution is 0.0760. The minimum atomic E-state index is -0.553. The Labute approximate surface area is 198 Å². The number of aromatic nitrogens is 1. The number of hydrazone groups is 1. The van der Waals surface area contributed by atoms with E-state index in [1.54, 1.807) is 20.9 Å². The van der Waals surface area contributed by atoms with E-state index in [0.29, 0.717) is 30.9 Å². The van der Waals surface area contributed by atoms with Crippen molar-refractivity contribution in [1.29, 1.82) is 0 Å². The molecule has 2 heterocycles. The molecule has 1 aliphatic heterocycles. The highest BCUT2D eigenvalue weighted by atomic mass is 19.1. The summed E-state index contributed by atoms with van der Waals surface area (Å²) < 4.78 is 18.5. The fraction of sp³-hybridized carbons (Fsp3) is 0.391. The number of nitrogens with zero attached hydrogens (tertiary/aromatic N) is 4. The van der Waals surface area contributed by atoms with Crippen LogP contribution in [0.5, 0.6) is 0 Å². The molecule has 1 aromatic carbocycles. The van der Waals surface area contributed by atoms with Gasteiger partial charge in [-0.15, -0.1) is 0 Å². The van der Waals surface area contributed by atoms with Gasteiger partial charge in [0.15, 0.2) is 12.1 Å². The van der Waals surface area contributed by atoms with Crippen LogP contribution in [-0.2, 0) is 17.8 Å². The first-order valence-corrected chi connectivity index (χ1v) is 10.8. The summed E-state index contributed by atoms with van der Waals surface area (Å²) in [5.41, 5.74) is 2.18. The van der Waals surface area contributed by atoms with Gasteiger partial charge < -0.3 is 15.9 Å². The molecule has 10 nitrogen and oxygen atoms in total. The molecule has 0 aliphatic carbocycles. The Kier molecular flexibility index (Phi) is 9.31. The Balaban J connectivity index is 0.000000242. The number of pyridine rings is 1. The first-order valence-electron chi connectivity index (χ1n) is 10.8. The van der Waals surface area contributed by atoms with E-state index >= 15 is 0 Å². The Morgan fingerprint density at radius 3 is 2.44 bits per heavy atom. The highest BCUT2D eigenvalue weighted by molar-refractivity contribution is 5.96. The number of carbonyl (C=O) groups excluding carboxylic acids is 2. The molecule has 0 atom stereocenters. The summed E-state index contributed by atoms with van der Waals surface area (Å²) in [4.78, 5) is 28.2. The zero-order valence-electron chi connectivity index (χ0n) is 20.1. The van der Waals surface area contributed by atoms with E-state index in [0.717, 1.165) is 16.9 Å². The molecule has 2 aromatic rings. The zero-order valence-corrected chi connectivity index (χ0v) is 20.1. The van der Waals surface area contributed by atoms with Crippen LogP contribution in [0.2, 0.25) is 0 Å². The first-order chi connectivity index (χ1) is 16.1. The Bertz CT molecular complexity index is 1040. The molecule has 0 saturated heterocycles. The van der Waals surface area contributed by atoms with Gasteiger partial charge in [0.25, 0.3) is 0 Å². The Morgan fingerprint density at radius 1 is 1.26 bits per heavy atom. The second kappa shape index (κ2) is 11.9. The number of ether oxygens (including phenoxy) is 1. The summed E-state index contributed by atoms with van der Waals surface area (Å²) in [5, 5.41) is 8.12. The van der Waals surface area contributed by atoms with Crippen molar-refractivity contribution in [3.05, 3.63) is 58.5 Å². The molecule has 1 aliphatic rings. The number of fused-ring (bicyclic) bond motifs is 1. The van der Waals surface area contributed by atoms with Gasteiger partial charge >= 0.3 is 6.09 Å². The normalized spacial score (nSPS) is 12.7. The third kappa shape index (κ3) is 6.64. The van der Waals surface area contributed by atoms with E-state index in [1.807, 2.05) is 32.0 Å². The maximum Gasteiger partial charge on any atom is 0.410 e. The number of hydrogen-bond acceptors (Lipinski definition) is 8. The number of aldehydes is 1. The number of nitrogens with one attached hydrogen (secondary N) is 1. The van der Waals surface area contributed by atoms with E-state index in [4.69, 9.17) is 16.4 Å². The summed E-state index contributed by atoms with van der Waals surface area (Å²) in [7, 11) is 1.80. The number of anilines is 1. The molecule has 34 heavy (non-hydrogen) atoms. The van der Waals surface area contributed by atoms with Gasteiger partial charge in [0.2, 0.25) is 0 Å². The predicted octanol–water partition coefficient (Wildman–Crippen LogP) is 2.83. The number of halogens is 1. The largest absolute Gasteiger partial charge is 0.447 e. The van der Waals surface area contributed by atoms with E-state index < -0.39 is 11.9 Å². The molecule has 0 bridgehead atoms. The van der Waals surface area contributed by atoms with E-state index in [-0.39, 0.29) is 17.7 Å². The molecule has 0 spiro atoms. The summed E-state index contributed by atoms with van der Waals surface area (Å²) in [6.07, 6.45) is -0.136. The minimum absolute atomic E-state index is 0.0211. The molecule has 3 rings (SSSR count). The van der Waals surface area contributed by atoms with Crippen LogP contribution in [-0.4, -0.2) is 52.3 Å². The number of hydrogen-bond donors (Lipinski definition) is 3. The first kappa shape index (κ1) is 26.5. The minimum Gasteiger partial charge on any atom is -0.447 e. The van der Waals surface area contributed by atoms with Gasteiger partial charge in [0.1, 0.15) is 17.3 Å². The number of carbonyl (C=O) groups is 2. The van der Waals surface area contributed by atoms with Crippen LogP contribution >= 0.6 is 0 Å². The smallest absolute Gasteiger partial charge is 0.410 e. The topological polar surface area (TPSA) is 139 Å². The van der Waals surface area contributed by atoms with Crippen LogP contribution in [0.3, 0.4) is 0 Å². The lowest BCUT2D eigenvalue weighted by Crippen LogP contribution is -2.44. The second-order valence-corrected chi connectivity index (χ2v) is 8.16. The molecule has 184 valence electrons. The number of rotatable bonds is 5. The maximum atomic E-state index is 13.4. The third-order valence-electron chi connectivity index (χ3n) is 4.92. The number of amides is 1. The summed E-state index contributed by atoms with van der Waals surface area (Å²) in [6.45, 7) is 8.11. The lowest BCUT2D eigenvalue weighted by atomic mass is 10.1. The third-order valence-corrected chi connectivity index (χ3v) is 4.92. The Morgan fingerprint density at radius 2 is 1.91 bits per heavy atom. The molecule has 1 amide bonds. The van der Waals surface area contributed by atoms with E-state index in [2.05, 4.69) is 15.4 Å². The SMILES string of the molecule is CC(C)OC(=O)N1Cc2cc(F)c(C=O)cc2C1.CNc1cccc(/C(=N/N)N(N)C(C)C)n1. The van der Waals surface area contributed by atoms with Crippen molar-refractivity contribution in [2.45, 2.75) is 52.9 Å². The van der Waals surface area contributed by atoms with E-state index in [1.165, 1.54) is 22.0 Å². The number of nitrogens with two attached hydrogens (primary N) is 2. The standard InChI is InChI=1S/C13H14FNO3.C10H18N6/c1-8(2)18-13(17)15-5-9-3-11(7-16)12(14)4-10(9)6-15;1-7(2)16(12)10(15-11)8-5-4-6-9(13-3)14-8/h3-4,7-8H,5-6H2,1-2H3;4-7H,11-12H2,1-3H3,(H,13,14)/b;15-10-. The van der Waals surface area contributed by atoms with E-state index in [9.17, 15) is 14.0 Å². The van der Waals surface area contributed by atoms with Crippen LogP contribution in [0.25, 0.3) is 0 Å². The highest BCUT2D eigenvalue weighted by Crippen LogP contribution is 2.26. The molecule has 0 saturated carbocycles. The monoisotopic (exact) mass is 473 g/mol. The molecule has 11 heteroatoms. The van der Waals surface area contributed by atoms with Gasteiger partial charge in [-0.05, 0) is 63.1 Å². The molecular formula is C23H32FN7O3. The fourth-order valence-corrected chi connectivity index (χ4v) is 3.14. The van der Waals surface area contributed by atoms with Gasteiger partial charge in [0, 0.05) is 26.2 Å². The second-order valence-electron chi connectivity index (χ2n) is 8.16. The quantitative estimate of drug-likeness (QED) is 0.198. The number of amidine groups is 1. The van der Waals surface area contributed by atoms with Gasteiger partial charge in [-0.1, -0.05) is 6.07 Å². The zero-order chi connectivity index (χ0) is 25.4. The Hall–Kier alpha value is -3.73. The van der Waals surface area contributed by atoms with Crippen molar-refractivity contribution in [2.24, 2.45) is 16.8 Å². The van der Waals surface area contributed by atoms with Crippen molar-refractivity contribution in [2.75, 3.05) is 12.4 Å². The van der Waals surface area contributed by atoms with Gasteiger partial charge in [0.05, 0.1) is 11.7 Å². The van der Waals surface area contributed by atoms with Crippen molar-refractivity contribution < 1.29 is 18.7 Å². The van der Waals surface area contributed by atoms with Crippen LogP contribution in [0.4, 0.5) is 15.0 Å². The summed E-state index contributed by atoms with van der Waals surface area (Å²) in [5.74, 6) is 11.9. The van der Waals surface area contributed by atoms with Crippen LogP contribution in [0.1, 0.15) is 54.9 Å². The maximum absolute atomic E-state index is 13.4.